The maximum Gasteiger partial charge on any atom is 0.416 e. The summed E-state index contributed by atoms with van der Waals surface area (Å²) in [5.41, 5.74) is 1.14. The molecule has 0 atom stereocenters. The van der Waals surface area contributed by atoms with Gasteiger partial charge in [-0.1, -0.05) is 48.9 Å². The van der Waals surface area contributed by atoms with E-state index in [0.29, 0.717) is 40.9 Å². The van der Waals surface area contributed by atoms with Crippen molar-refractivity contribution in [3.8, 4) is 0 Å². The van der Waals surface area contributed by atoms with Crippen molar-refractivity contribution in [1.82, 2.24) is 15.2 Å². The summed E-state index contributed by atoms with van der Waals surface area (Å²) in [5.74, 6) is -0.228. The molecular weight excluding hydrogens is 459 g/mol. The van der Waals surface area contributed by atoms with Gasteiger partial charge in [0.15, 0.2) is 0 Å². The molecule has 0 aliphatic rings. The Hall–Kier alpha value is -2.42. The van der Waals surface area contributed by atoms with E-state index in [2.05, 4.69) is 10.3 Å². The molecule has 4 nitrogen and oxygen atoms in total. The highest BCUT2D eigenvalue weighted by Crippen LogP contribution is 2.30. The Morgan fingerprint density at radius 3 is 2.44 bits per heavy atom. The van der Waals surface area contributed by atoms with Gasteiger partial charge in [-0.25, -0.2) is 4.98 Å². The Morgan fingerprint density at radius 2 is 1.78 bits per heavy atom. The van der Waals surface area contributed by atoms with Crippen molar-refractivity contribution < 1.29 is 18.0 Å². The molecule has 3 rings (SSSR count). The van der Waals surface area contributed by atoms with Crippen molar-refractivity contribution in [2.45, 2.75) is 39.2 Å². The van der Waals surface area contributed by atoms with Gasteiger partial charge in [-0.3, -0.25) is 9.69 Å². The molecule has 0 unspecified atom stereocenters. The molecule has 0 aliphatic carbocycles. The van der Waals surface area contributed by atoms with Crippen LogP contribution in [0.25, 0.3) is 0 Å². The van der Waals surface area contributed by atoms with Crippen molar-refractivity contribution in [2.75, 3.05) is 6.54 Å². The second-order valence-electron chi connectivity index (χ2n) is 7.36. The molecular formula is C23H23ClF3N3OS. The third kappa shape index (κ3) is 7.05. The fourth-order valence-corrected chi connectivity index (χ4v) is 4.20. The molecule has 9 heteroatoms. The number of carbonyl (C=O) groups excluding carboxylic acids is 1. The molecule has 170 valence electrons. The van der Waals surface area contributed by atoms with Gasteiger partial charge in [0.25, 0.3) is 5.91 Å². The zero-order valence-corrected chi connectivity index (χ0v) is 19.0. The summed E-state index contributed by atoms with van der Waals surface area (Å²) in [5, 5.41) is 5.79. The van der Waals surface area contributed by atoms with Crippen LogP contribution in [0, 0.1) is 0 Å². The summed E-state index contributed by atoms with van der Waals surface area (Å²) in [4.78, 5) is 18.6. The predicted molar refractivity (Wildman–Crippen MR) is 121 cm³/mol. The monoisotopic (exact) mass is 481 g/mol. The number of nitrogens with zero attached hydrogens (tertiary/aromatic N) is 2. The molecule has 1 aromatic heterocycles. The van der Waals surface area contributed by atoms with E-state index >= 15 is 0 Å². The molecule has 0 spiro atoms. The van der Waals surface area contributed by atoms with Crippen molar-refractivity contribution in [2.24, 2.45) is 0 Å². The van der Waals surface area contributed by atoms with Crippen LogP contribution in [0.4, 0.5) is 13.2 Å². The van der Waals surface area contributed by atoms with E-state index in [9.17, 15) is 18.0 Å². The van der Waals surface area contributed by atoms with Gasteiger partial charge in [-0.05, 0) is 35.7 Å². The lowest BCUT2D eigenvalue weighted by Gasteiger charge is -2.22. The fraction of sp³-hybridized carbons (Fsp3) is 0.304. The molecule has 0 radical (unpaired) electrons. The average molecular weight is 482 g/mol. The Balaban J connectivity index is 1.80. The maximum atomic E-state index is 13.1. The van der Waals surface area contributed by atoms with Crippen molar-refractivity contribution in [3.05, 3.63) is 86.3 Å². The number of aromatic nitrogens is 1. The molecule has 0 saturated heterocycles. The third-order valence-corrected chi connectivity index (χ3v) is 5.70. The van der Waals surface area contributed by atoms with E-state index in [0.717, 1.165) is 24.1 Å². The Bertz CT molecular complexity index is 1050. The zero-order chi connectivity index (χ0) is 23.1. The second-order valence-corrected chi connectivity index (χ2v) is 8.73. The van der Waals surface area contributed by atoms with Gasteiger partial charge >= 0.3 is 6.18 Å². The number of rotatable bonds is 9. The first-order valence-electron chi connectivity index (χ1n) is 10.1. The molecule has 3 aromatic rings. The number of benzene rings is 2. The lowest BCUT2D eigenvalue weighted by Crippen LogP contribution is -2.25. The average Bonchev–Trinajstić information content (AvgIpc) is 3.20. The molecule has 1 N–H and O–H groups in total. The molecule has 1 amide bonds. The molecule has 0 fully saturated rings. The Labute approximate surface area is 194 Å². The standard InChI is InChI=1S/C23H23ClF3N3OS/c1-2-9-28-22(31)20-15-32-21(29-20)14-30(13-17-6-4-8-19(24)11-17)12-16-5-3-7-18(10-16)23(25,26)27/h3-8,10-11,15H,2,9,12-14H2,1H3,(H,28,31). The van der Waals surface area contributed by atoms with Crippen LogP contribution < -0.4 is 5.32 Å². The Kier molecular flexibility index (Phi) is 8.28. The molecule has 2 aromatic carbocycles. The predicted octanol–water partition coefficient (Wildman–Crippen LogP) is 6.16. The van der Waals surface area contributed by atoms with Gasteiger partial charge in [0, 0.05) is 30.0 Å². The van der Waals surface area contributed by atoms with Crippen molar-refractivity contribution in [1.29, 1.82) is 0 Å². The van der Waals surface area contributed by atoms with E-state index in [1.54, 1.807) is 17.5 Å². The summed E-state index contributed by atoms with van der Waals surface area (Å²) in [6.07, 6.45) is -3.57. The van der Waals surface area contributed by atoms with Gasteiger partial charge < -0.3 is 5.32 Å². The smallest absolute Gasteiger partial charge is 0.351 e. The summed E-state index contributed by atoms with van der Waals surface area (Å²) < 4.78 is 39.4. The topological polar surface area (TPSA) is 45.2 Å². The van der Waals surface area contributed by atoms with Gasteiger partial charge in [-0.2, -0.15) is 13.2 Å². The van der Waals surface area contributed by atoms with Crippen molar-refractivity contribution in [3.63, 3.8) is 0 Å². The molecule has 0 saturated carbocycles. The minimum Gasteiger partial charge on any atom is -0.351 e. The largest absolute Gasteiger partial charge is 0.416 e. The number of thiazole rings is 1. The normalized spacial score (nSPS) is 11.7. The van der Waals surface area contributed by atoms with Gasteiger partial charge in [0.1, 0.15) is 10.7 Å². The number of nitrogens with one attached hydrogen (secondary N) is 1. The summed E-state index contributed by atoms with van der Waals surface area (Å²) in [6, 6.07) is 12.6. The number of hydrogen-bond acceptors (Lipinski definition) is 4. The van der Waals surface area contributed by atoms with E-state index in [-0.39, 0.29) is 12.5 Å². The summed E-state index contributed by atoms with van der Waals surface area (Å²) in [7, 11) is 0. The van der Waals surface area contributed by atoms with Gasteiger partial charge in [-0.15, -0.1) is 11.3 Å². The lowest BCUT2D eigenvalue weighted by atomic mass is 10.1. The van der Waals surface area contributed by atoms with E-state index in [1.807, 2.05) is 30.0 Å². The SMILES string of the molecule is CCCNC(=O)c1csc(CN(Cc2cccc(Cl)c2)Cc2cccc(C(F)(F)F)c2)n1. The van der Waals surface area contributed by atoms with Crippen LogP contribution in [-0.4, -0.2) is 22.3 Å². The van der Waals surface area contributed by atoms with Crippen LogP contribution in [0.5, 0.6) is 0 Å². The van der Waals surface area contributed by atoms with E-state index < -0.39 is 11.7 Å². The number of alkyl halides is 3. The van der Waals surface area contributed by atoms with E-state index in [1.165, 1.54) is 17.4 Å². The third-order valence-electron chi connectivity index (χ3n) is 4.63. The van der Waals surface area contributed by atoms with Crippen LogP contribution in [0.3, 0.4) is 0 Å². The maximum absolute atomic E-state index is 13.1. The fourth-order valence-electron chi connectivity index (χ4n) is 3.17. The number of halogens is 4. The minimum absolute atomic E-state index is 0.228. The number of carbonyl (C=O) groups is 1. The van der Waals surface area contributed by atoms with Gasteiger partial charge in [0.2, 0.25) is 0 Å². The summed E-state index contributed by atoms with van der Waals surface area (Å²) in [6.45, 7) is 3.67. The van der Waals surface area contributed by atoms with Crippen molar-refractivity contribution >= 4 is 28.8 Å². The minimum atomic E-state index is -4.40. The lowest BCUT2D eigenvalue weighted by molar-refractivity contribution is -0.137. The number of hydrogen-bond donors (Lipinski definition) is 1. The molecule has 0 bridgehead atoms. The first-order valence-corrected chi connectivity index (χ1v) is 11.4. The summed E-state index contributed by atoms with van der Waals surface area (Å²) >= 11 is 7.45. The Morgan fingerprint density at radius 1 is 1.09 bits per heavy atom. The highest BCUT2D eigenvalue weighted by atomic mass is 35.5. The van der Waals surface area contributed by atoms with E-state index in [4.69, 9.17) is 11.6 Å². The first kappa shape index (κ1) is 24.2. The van der Waals surface area contributed by atoms with Crippen LogP contribution >= 0.6 is 22.9 Å². The molecule has 0 aliphatic heterocycles. The van der Waals surface area contributed by atoms with Crippen LogP contribution in [0.2, 0.25) is 5.02 Å². The molecule has 1 heterocycles. The second kappa shape index (κ2) is 10.9. The zero-order valence-electron chi connectivity index (χ0n) is 17.5. The van der Waals surface area contributed by atoms with Crippen LogP contribution in [0.15, 0.2) is 53.9 Å². The number of amides is 1. The first-order chi connectivity index (χ1) is 15.2. The van der Waals surface area contributed by atoms with Crippen LogP contribution in [0.1, 0.15) is 45.5 Å². The quantitative estimate of drug-likeness (QED) is 0.398. The van der Waals surface area contributed by atoms with Gasteiger partial charge in [0.05, 0.1) is 12.1 Å². The highest BCUT2D eigenvalue weighted by Gasteiger charge is 2.30. The highest BCUT2D eigenvalue weighted by molar-refractivity contribution is 7.09. The van der Waals surface area contributed by atoms with Crippen LogP contribution in [-0.2, 0) is 25.8 Å². The molecule has 32 heavy (non-hydrogen) atoms.